The minimum atomic E-state index is -0.749. The molecule has 1 atom stereocenters. The van der Waals surface area contributed by atoms with Gasteiger partial charge in [0, 0.05) is 12.6 Å². The lowest BCUT2D eigenvalue weighted by Gasteiger charge is -2.12. The molecular formula is C15H17N3O5. The van der Waals surface area contributed by atoms with E-state index in [1.165, 1.54) is 14.0 Å². The molecule has 1 heterocycles. The molecule has 2 aromatic rings. The number of aliphatic hydroxyl groups excluding tert-OH is 1. The number of benzene rings is 1. The van der Waals surface area contributed by atoms with Gasteiger partial charge in [0.15, 0.2) is 11.4 Å². The average molecular weight is 319 g/mol. The molecule has 0 saturated carbocycles. The highest BCUT2D eigenvalue weighted by atomic mass is 16.5. The number of para-hydroxylation sites is 2. The zero-order chi connectivity index (χ0) is 17.0. The zero-order valence-electron chi connectivity index (χ0n) is 12.7. The van der Waals surface area contributed by atoms with Gasteiger partial charge in [-0.15, -0.1) is 0 Å². The van der Waals surface area contributed by atoms with Crippen LogP contribution in [0.3, 0.4) is 0 Å². The van der Waals surface area contributed by atoms with E-state index in [9.17, 15) is 19.8 Å². The summed E-state index contributed by atoms with van der Waals surface area (Å²) in [6, 6.07) is 7.55. The minimum Gasteiger partial charge on any atom is -0.505 e. The third-order valence-corrected chi connectivity index (χ3v) is 3.00. The predicted octanol–water partition coefficient (Wildman–Crippen LogP) is 0.0573. The lowest BCUT2D eigenvalue weighted by Crippen LogP contribution is -2.33. The van der Waals surface area contributed by atoms with Crippen molar-refractivity contribution in [2.45, 2.75) is 13.0 Å². The molecule has 1 amide bonds. The Labute approximate surface area is 132 Å². The molecule has 0 fully saturated rings. The molecule has 1 aromatic carbocycles. The number of hydrogen-bond acceptors (Lipinski definition) is 6. The number of nitrogens with zero attached hydrogens (tertiary/aromatic N) is 2. The summed E-state index contributed by atoms with van der Waals surface area (Å²) in [5.41, 5.74) is -0.597. The topological polar surface area (TPSA) is 114 Å². The van der Waals surface area contributed by atoms with Crippen LogP contribution in [0.15, 0.2) is 35.1 Å². The molecule has 0 aliphatic rings. The quantitative estimate of drug-likeness (QED) is 0.718. The Morgan fingerprint density at radius 1 is 1.43 bits per heavy atom. The molecule has 0 radical (unpaired) electrons. The second-order valence-electron chi connectivity index (χ2n) is 4.86. The van der Waals surface area contributed by atoms with Gasteiger partial charge in [0.1, 0.15) is 11.4 Å². The van der Waals surface area contributed by atoms with Crippen LogP contribution in [0.2, 0.25) is 0 Å². The number of ether oxygens (including phenoxy) is 1. The van der Waals surface area contributed by atoms with Gasteiger partial charge in [0.25, 0.3) is 11.5 Å². The Hall–Kier alpha value is -2.87. The van der Waals surface area contributed by atoms with E-state index in [1.54, 1.807) is 24.3 Å². The lowest BCUT2D eigenvalue weighted by molar-refractivity contribution is 0.0914. The highest BCUT2D eigenvalue weighted by molar-refractivity contribution is 5.94. The molecule has 23 heavy (non-hydrogen) atoms. The normalized spacial score (nSPS) is 11.8. The molecule has 1 aromatic heterocycles. The van der Waals surface area contributed by atoms with Gasteiger partial charge >= 0.3 is 0 Å². The number of rotatable bonds is 5. The van der Waals surface area contributed by atoms with Crippen molar-refractivity contribution in [3.05, 3.63) is 46.4 Å². The maximum atomic E-state index is 12.1. The van der Waals surface area contributed by atoms with E-state index in [-0.39, 0.29) is 12.2 Å². The molecular weight excluding hydrogens is 302 g/mol. The Bertz CT molecular complexity index is 770. The lowest BCUT2D eigenvalue weighted by atomic mass is 10.2. The summed E-state index contributed by atoms with van der Waals surface area (Å²) < 4.78 is 6.14. The molecule has 122 valence electrons. The Morgan fingerprint density at radius 2 is 2.13 bits per heavy atom. The molecule has 0 bridgehead atoms. The summed E-state index contributed by atoms with van der Waals surface area (Å²) >= 11 is 0. The molecule has 3 N–H and O–H groups in total. The number of aromatic hydroxyl groups is 1. The van der Waals surface area contributed by atoms with Crippen LogP contribution < -0.4 is 15.6 Å². The fraction of sp³-hybridized carbons (Fsp3) is 0.267. The number of hydrogen-bond donors (Lipinski definition) is 3. The SMILES string of the molecule is COc1ccccc1-n1nc(C(=O)NCC(C)O)c(O)cc1=O. The van der Waals surface area contributed by atoms with Gasteiger partial charge in [-0.2, -0.15) is 9.78 Å². The van der Waals surface area contributed by atoms with Gasteiger partial charge in [0.05, 0.1) is 13.2 Å². The van der Waals surface area contributed by atoms with Gasteiger partial charge < -0.3 is 20.3 Å². The molecule has 1 unspecified atom stereocenters. The van der Waals surface area contributed by atoms with Crippen molar-refractivity contribution >= 4 is 5.91 Å². The molecule has 8 heteroatoms. The van der Waals surface area contributed by atoms with Gasteiger partial charge in [0.2, 0.25) is 0 Å². The van der Waals surface area contributed by atoms with E-state index in [1.807, 2.05) is 0 Å². The summed E-state index contributed by atoms with van der Waals surface area (Å²) in [6.07, 6.45) is -0.749. The first-order valence-electron chi connectivity index (χ1n) is 6.87. The summed E-state index contributed by atoms with van der Waals surface area (Å²) in [5.74, 6) is -0.848. The van der Waals surface area contributed by atoms with Gasteiger partial charge in [-0.3, -0.25) is 9.59 Å². The molecule has 0 aliphatic carbocycles. The van der Waals surface area contributed by atoms with Crippen LogP contribution in [-0.4, -0.2) is 45.7 Å². The fourth-order valence-corrected chi connectivity index (χ4v) is 1.91. The van der Waals surface area contributed by atoms with Crippen molar-refractivity contribution in [1.29, 1.82) is 0 Å². The third kappa shape index (κ3) is 3.67. The number of amides is 1. The van der Waals surface area contributed by atoms with E-state index >= 15 is 0 Å². The number of aliphatic hydroxyl groups is 1. The molecule has 0 aliphatic heterocycles. The number of nitrogens with one attached hydrogen (secondary N) is 1. The second kappa shape index (κ2) is 6.93. The standard InChI is InChI=1S/C15H17N3O5/c1-9(19)8-16-15(22)14-11(20)7-13(21)18(17-14)10-5-3-4-6-12(10)23-2/h3-7,9,19-20H,8H2,1-2H3,(H,16,22). The third-order valence-electron chi connectivity index (χ3n) is 3.00. The van der Waals surface area contributed by atoms with Crippen molar-refractivity contribution < 1.29 is 19.7 Å². The summed E-state index contributed by atoms with van der Waals surface area (Å²) in [5, 5.41) is 25.3. The van der Waals surface area contributed by atoms with Gasteiger partial charge in [-0.05, 0) is 19.1 Å². The maximum absolute atomic E-state index is 12.1. The van der Waals surface area contributed by atoms with Crippen molar-refractivity contribution in [2.24, 2.45) is 0 Å². The van der Waals surface area contributed by atoms with E-state index in [0.29, 0.717) is 11.4 Å². The number of aromatic nitrogens is 2. The van der Waals surface area contributed by atoms with Crippen LogP contribution in [0, 0.1) is 0 Å². The largest absolute Gasteiger partial charge is 0.505 e. The molecule has 2 rings (SSSR count). The number of carbonyl (C=O) groups is 1. The van der Waals surface area contributed by atoms with Crippen molar-refractivity contribution in [3.63, 3.8) is 0 Å². The Balaban J connectivity index is 2.48. The van der Waals surface area contributed by atoms with E-state index < -0.39 is 23.3 Å². The smallest absolute Gasteiger partial charge is 0.275 e. The van der Waals surface area contributed by atoms with Crippen LogP contribution in [0.5, 0.6) is 11.5 Å². The molecule has 8 nitrogen and oxygen atoms in total. The fourth-order valence-electron chi connectivity index (χ4n) is 1.91. The van der Waals surface area contributed by atoms with Crippen molar-refractivity contribution in [2.75, 3.05) is 13.7 Å². The van der Waals surface area contributed by atoms with Crippen LogP contribution >= 0.6 is 0 Å². The summed E-state index contributed by atoms with van der Waals surface area (Å²) in [6.45, 7) is 1.50. The summed E-state index contributed by atoms with van der Waals surface area (Å²) in [7, 11) is 1.44. The van der Waals surface area contributed by atoms with Crippen LogP contribution in [0.25, 0.3) is 5.69 Å². The highest BCUT2D eigenvalue weighted by Crippen LogP contribution is 2.21. The van der Waals surface area contributed by atoms with E-state index in [0.717, 1.165) is 10.7 Å². The molecule has 0 saturated heterocycles. The van der Waals surface area contributed by atoms with Crippen molar-refractivity contribution in [1.82, 2.24) is 15.1 Å². The maximum Gasteiger partial charge on any atom is 0.275 e. The van der Waals surface area contributed by atoms with Crippen LogP contribution in [0.4, 0.5) is 0 Å². The minimum absolute atomic E-state index is 0.00621. The zero-order valence-corrected chi connectivity index (χ0v) is 12.7. The first-order valence-corrected chi connectivity index (χ1v) is 6.87. The molecule has 0 spiro atoms. The Morgan fingerprint density at radius 3 is 2.78 bits per heavy atom. The number of carbonyl (C=O) groups excluding carboxylic acids is 1. The predicted molar refractivity (Wildman–Crippen MR) is 82.1 cm³/mol. The van der Waals surface area contributed by atoms with Crippen LogP contribution in [0.1, 0.15) is 17.4 Å². The monoisotopic (exact) mass is 319 g/mol. The van der Waals surface area contributed by atoms with Gasteiger partial charge in [-0.1, -0.05) is 12.1 Å². The summed E-state index contributed by atoms with van der Waals surface area (Å²) in [4.78, 5) is 24.1. The number of methoxy groups -OCH3 is 1. The first-order chi connectivity index (χ1) is 10.9. The Kier molecular flexibility index (Phi) is 4.97. The van der Waals surface area contributed by atoms with E-state index in [2.05, 4.69) is 10.4 Å². The highest BCUT2D eigenvalue weighted by Gasteiger charge is 2.18. The van der Waals surface area contributed by atoms with Crippen molar-refractivity contribution in [3.8, 4) is 17.2 Å². The first kappa shape index (κ1) is 16.5. The van der Waals surface area contributed by atoms with Crippen LogP contribution in [-0.2, 0) is 0 Å². The van der Waals surface area contributed by atoms with E-state index in [4.69, 9.17) is 4.74 Å². The van der Waals surface area contributed by atoms with Gasteiger partial charge in [-0.25, -0.2) is 0 Å². The second-order valence-corrected chi connectivity index (χ2v) is 4.86. The average Bonchev–Trinajstić information content (AvgIpc) is 2.52.